The molecule has 6 nitrogen and oxygen atoms in total. The molecule has 0 spiro atoms. The zero-order valence-corrected chi connectivity index (χ0v) is 16.7. The van der Waals surface area contributed by atoms with E-state index in [0.29, 0.717) is 11.3 Å². The molecule has 1 aromatic carbocycles. The number of aromatic nitrogens is 1. The monoisotopic (exact) mass is 369 g/mol. The van der Waals surface area contributed by atoms with E-state index in [1.165, 1.54) is 0 Å². The van der Waals surface area contributed by atoms with Gasteiger partial charge >= 0.3 is 6.09 Å². The average molecular weight is 369 g/mol. The first-order chi connectivity index (χ1) is 12.5. The number of nitrogens with zero attached hydrogens (tertiary/aromatic N) is 1. The van der Waals surface area contributed by atoms with Crippen molar-refractivity contribution in [1.82, 2.24) is 4.98 Å². The molecule has 1 aromatic heterocycles. The van der Waals surface area contributed by atoms with Crippen molar-refractivity contribution in [3.63, 3.8) is 0 Å². The van der Waals surface area contributed by atoms with Gasteiger partial charge in [0, 0.05) is 11.8 Å². The largest absolute Gasteiger partial charge is 0.444 e. The molecule has 0 saturated heterocycles. The average Bonchev–Trinajstić information content (AvgIpc) is 2.54. The van der Waals surface area contributed by atoms with E-state index in [4.69, 9.17) is 4.74 Å². The van der Waals surface area contributed by atoms with Crippen LogP contribution in [0.15, 0.2) is 42.6 Å². The van der Waals surface area contributed by atoms with Gasteiger partial charge in [-0.1, -0.05) is 32.9 Å². The van der Waals surface area contributed by atoms with Crippen LogP contribution in [0.5, 0.6) is 0 Å². The highest BCUT2D eigenvalue weighted by molar-refractivity contribution is 6.06. The van der Waals surface area contributed by atoms with Crippen molar-refractivity contribution in [3.05, 3.63) is 53.7 Å². The van der Waals surface area contributed by atoms with Gasteiger partial charge in [-0.3, -0.25) is 10.1 Å². The minimum Gasteiger partial charge on any atom is -0.444 e. The maximum atomic E-state index is 12.5. The van der Waals surface area contributed by atoms with Gasteiger partial charge in [0.15, 0.2) is 5.82 Å². The number of anilines is 2. The molecule has 0 aliphatic heterocycles. The molecular weight excluding hydrogens is 342 g/mol. The Bertz CT molecular complexity index is 816. The zero-order chi connectivity index (χ0) is 20.2. The summed E-state index contributed by atoms with van der Waals surface area (Å²) in [7, 11) is 0. The number of rotatable bonds is 3. The lowest BCUT2D eigenvalue weighted by Gasteiger charge is -2.20. The van der Waals surface area contributed by atoms with E-state index in [-0.39, 0.29) is 17.1 Å². The molecule has 2 aromatic rings. The van der Waals surface area contributed by atoms with Crippen molar-refractivity contribution in [1.29, 1.82) is 0 Å². The fraction of sp³-hybridized carbons (Fsp3) is 0.381. The first-order valence-electron chi connectivity index (χ1n) is 8.83. The predicted octanol–water partition coefficient (Wildman–Crippen LogP) is 4.98. The Labute approximate surface area is 160 Å². The second kappa shape index (κ2) is 7.78. The van der Waals surface area contributed by atoms with Crippen molar-refractivity contribution >= 4 is 23.5 Å². The van der Waals surface area contributed by atoms with Gasteiger partial charge < -0.3 is 10.1 Å². The van der Waals surface area contributed by atoms with Crippen molar-refractivity contribution in [2.75, 3.05) is 10.6 Å². The van der Waals surface area contributed by atoms with Gasteiger partial charge in [-0.05, 0) is 56.0 Å². The van der Waals surface area contributed by atoms with Gasteiger partial charge in [0.25, 0.3) is 5.91 Å². The van der Waals surface area contributed by atoms with Crippen LogP contribution in [0.3, 0.4) is 0 Å². The molecule has 144 valence electrons. The molecule has 0 aliphatic rings. The Morgan fingerprint density at radius 2 is 1.56 bits per heavy atom. The predicted molar refractivity (Wildman–Crippen MR) is 107 cm³/mol. The smallest absolute Gasteiger partial charge is 0.412 e. The molecular formula is C21H27N3O3. The van der Waals surface area contributed by atoms with Crippen molar-refractivity contribution in [2.24, 2.45) is 0 Å². The van der Waals surface area contributed by atoms with Gasteiger partial charge in [-0.2, -0.15) is 0 Å². The molecule has 0 aliphatic carbocycles. The summed E-state index contributed by atoms with van der Waals surface area (Å²) in [5, 5.41) is 5.35. The molecule has 2 rings (SSSR count). The molecule has 1 heterocycles. The highest BCUT2D eigenvalue weighted by Crippen LogP contribution is 2.23. The Hall–Kier alpha value is -2.89. The standard InChI is InChI=1S/C21H27N3O3/c1-20(2,3)15-11-9-14(10-12-15)18(25)24-17-16(8-7-13-22-17)23-19(26)27-21(4,5)6/h7-13H,1-6H3,(H,23,26)(H,22,24,25). The second-order valence-corrected chi connectivity index (χ2v) is 8.31. The van der Waals surface area contributed by atoms with Gasteiger partial charge in [0.2, 0.25) is 0 Å². The van der Waals surface area contributed by atoms with E-state index in [0.717, 1.165) is 5.56 Å². The molecule has 2 N–H and O–H groups in total. The van der Waals surface area contributed by atoms with Crippen LogP contribution in [0.4, 0.5) is 16.3 Å². The van der Waals surface area contributed by atoms with Gasteiger partial charge in [-0.15, -0.1) is 0 Å². The molecule has 0 radical (unpaired) electrons. The van der Waals surface area contributed by atoms with Crippen LogP contribution in [0, 0.1) is 0 Å². The first-order valence-corrected chi connectivity index (χ1v) is 8.83. The number of hydrogen-bond acceptors (Lipinski definition) is 4. The number of pyridine rings is 1. The fourth-order valence-electron chi connectivity index (χ4n) is 2.32. The zero-order valence-electron chi connectivity index (χ0n) is 16.7. The molecule has 0 bridgehead atoms. The summed E-state index contributed by atoms with van der Waals surface area (Å²) in [6, 6.07) is 10.7. The summed E-state index contributed by atoms with van der Waals surface area (Å²) in [4.78, 5) is 28.7. The van der Waals surface area contributed by atoms with Crippen LogP contribution in [-0.4, -0.2) is 22.6 Å². The number of carbonyl (C=O) groups excluding carboxylic acids is 2. The van der Waals surface area contributed by atoms with Crippen molar-refractivity contribution in [3.8, 4) is 0 Å². The molecule has 0 unspecified atom stereocenters. The first kappa shape index (κ1) is 20.4. The Morgan fingerprint density at radius 3 is 2.11 bits per heavy atom. The summed E-state index contributed by atoms with van der Waals surface area (Å²) in [6.45, 7) is 11.7. The lowest BCUT2D eigenvalue weighted by molar-refractivity contribution is 0.0635. The minimum atomic E-state index is -0.621. The Balaban J connectivity index is 2.13. The fourth-order valence-corrected chi connectivity index (χ4v) is 2.32. The van der Waals surface area contributed by atoms with E-state index in [2.05, 4.69) is 36.4 Å². The summed E-state index contributed by atoms with van der Waals surface area (Å²) in [6.07, 6.45) is 0.930. The Morgan fingerprint density at radius 1 is 0.926 bits per heavy atom. The third-order valence-corrected chi connectivity index (χ3v) is 3.69. The minimum absolute atomic E-state index is 0.0144. The van der Waals surface area contributed by atoms with E-state index in [1.54, 1.807) is 51.2 Å². The van der Waals surface area contributed by atoms with Crippen molar-refractivity contribution < 1.29 is 14.3 Å². The lowest BCUT2D eigenvalue weighted by atomic mass is 9.87. The van der Waals surface area contributed by atoms with Crippen LogP contribution >= 0.6 is 0 Å². The van der Waals surface area contributed by atoms with Crippen LogP contribution < -0.4 is 10.6 Å². The molecule has 0 saturated carbocycles. The third-order valence-electron chi connectivity index (χ3n) is 3.69. The molecule has 0 atom stereocenters. The van der Waals surface area contributed by atoms with E-state index < -0.39 is 11.7 Å². The number of carbonyl (C=O) groups is 2. The number of benzene rings is 1. The number of hydrogen-bond donors (Lipinski definition) is 2. The molecule has 27 heavy (non-hydrogen) atoms. The number of ether oxygens (including phenoxy) is 1. The molecule has 0 fully saturated rings. The highest BCUT2D eigenvalue weighted by Gasteiger charge is 2.19. The van der Waals surface area contributed by atoms with Crippen molar-refractivity contribution in [2.45, 2.75) is 52.6 Å². The van der Waals surface area contributed by atoms with Crippen LogP contribution in [-0.2, 0) is 10.2 Å². The van der Waals surface area contributed by atoms with Crippen LogP contribution in [0.25, 0.3) is 0 Å². The summed E-state index contributed by atoms with van der Waals surface area (Å²) in [5.74, 6) is -0.0466. The van der Waals surface area contributed by atoms with Crippen LogP contribution in [0.1, 0.15) is 57.5 Å². The normalized spacial score (nSPS) is 11.6. The van der Waals surface area contributed by atoms with E-state index in [9.17, 15) is 9.59 Å². The second-order valence-electron chi connectivity index (χ2n) is 8.31. The van der Waals surface area contributed by atoms with Gasteiger partial charge in [0.05, 0.1) is 5.69 Å². The highest BCUT2D eigenvalue weighted by atomic mass is 16.6. The molecule has 2 amide bonds. The maximum Gasteiger partial charge on any atom is 0.412 e. The van der Waals surface area contributed by atoms with Crippen LogP contribution in [0.2, 0.25) is 0 Å². The Kier molecular flexibility index (Phi) is 5.88. The summed E-state index contributed by atoms with van der Waals surface area (Å²) >= 11 is 0. The molecule has 6 heteroatoms. The third kappa shape index (κ3) is 6.09. The summed E-state index contributed by atoms with van der Waals surface area (Å²) < 4.78 is 5.24. The van der Waals surface area contributed by atoms with E-state index >= 15 is 0 Å². The van der Waals surface area contributed by atoms with Gasteiger partial charge in [0.1, 0.15) is 5.60 Å². The topological polar surface area (TPSA) is 80.3 Å². The number of nitrogens with one attached hydrogen (secondary N) is 2. The van der Waals surface area contributed by atoms with E-state index in [1.807, 2.05) is 12.1 Å². The SMILES string of the molecule is CC(C)(C)OC(=O)Nc1cccnc1NC(=O)c1ccc(C(C)(C)C)cc1. The summed E-state index contributed by atoms with van der Waals surface area (Å²) in [5.41, 5.74) is 1.41. The maximum absolute atomic E-state index is 12.5. The quantitative estimate of drug-likeness (QED) is 0.800. The lowest BCUT2D eigenvalue weighted by Crippen LogP contribution is -2.27. The van der Waals surface area contributed by atoms with Gasteiger partial charge in [-0.25, -0.2) is 9.78 Å². The number of amides is 2.